The van der Waals surface area contributed by atoms with Gasteiger partial charge in [0, 0.05) is 24.6 Å². The summed E-state index contributed by atoms with van der Waals surface area (Å²) in [6.45, 7) is 3.59. The minimum Gasteiger partial charge on any atom is -0.306 e. The van der Waals surface area contributed by atoms with Gasteiger partial charge in [0.05, 0.1) is 6.33 Å². The van der Waals surface area contributed by atoms with Crippen LogP contribution in [-0.2, 0) is 6.54 Å². The molecule has 0 spiro atoms. The summed E-state index contributed by atoms with van der Waals surface area (Å²) < 4.78 is 2.03. The maximum Gasteiger partial charge on any atom is 0.0991 e. The van der Waals surface area contributed by atoms with E-state index in [1.54, 1.807) is 0 Å². The number of hydrogen-bond donors (Lipinski definition) is 0. The van der Waals surface area contributed by atoms with Gasteiger partial charge in [0.25, 0.3) is 0 Å². The molecule has 1 aliphatic heterocycles. The van der Waals surface area contributed by atoms with Gasteiger partial charge in [0.15, 0.2) is 0 Å². The third kappa shape index (κ3) is 2.62. The molecule has 94 valence electrons. The zero-order chi connectivity index (χ0) is 12.2. The molecule has 0 amide bonds. The van der Waals surface area contributed by atoms with Crippen molar-refractivity contribution in [2.75, 3.05) is 13.1 Å². The summed E-state index contributed by atoms with van der Waals surface area (Å²) >= 11 is 0. The molecule has 3 rings (SSSR count). The van der Waals surface area contributed by atoms with Gasteiger partial charge in [-0.2, -0.15) is 0 Å². The summed E-state index contributed by atoms with van der Waals surface area (Å²) in [6, 6.07) is 8.79. The second-order valence-electron chi connectivity index (χ2n) is 4.97. The lowest BCUT2D eigenvalue weighted by atomic mass is 10.1. The summed E-state index contributed by atoms with van der Waals surface area (Å²) in [5, 5.41) is 0. The highest BCUT2D eigenvalue weighted by molar-refractivity contribution is 5.34. The van der Waals surface area contributed by atoms with Crippen molar-refractivity contribution in [2.45, 2.75) is 25.8 Å². The minimum absolute atomic E-state index is 1.09. The Morgan fingerprint density at radius 1 is 1.00 bits per heavy atom. The molecule has 1 aromatic heterocycles. The highest BCUT2D eigenvalue weighted by Crippen LogP contribution is 2.14. The van der Waals surface area contributed by atoms with Crippen LogP contribution in [0.3, 0.4) is 0 Å². The van der Waals surface area contributed by atoms with Crippen molar-refractivity contribution in [3.8, 4) is 5.69 Å². The molecule has 2 aromatic rings. The molecule has 18 heavy (non-hydrogen) atoms. The van der Waals surface area contributed by atoms with Crippen LogP contribution in [0.15, 0.2) is 43.0 Å². The van der Waals surface area contributed by atoms with Crippen LogP contribution in [0.25, 0.3) is 5.69 Å². The molecule has 3 nitrogen and oxygen atoms in total. The maximum absolute atomic E-state index is 4.07. The fraction of sp³-hybridized carbons (Fsp3) is 0.400. The molecule has 0 saturated carbocycles. The number of hydrogen-bond acceptors (Lipinski definition) is 2. The first-order chi connectivity index (χ1) is 8.92. The Hall–Kier alpha value is -1.61. The van der Waals surface area contributed by atoms with E-state index in [2.05, 4.69) is 34.1 Å². The van der Waals surface area contributed by atoms with Crippen molar-refractivity contribution in [1.82, 2.24) is 14.5 Å². The third-order valence-electron chi connectivity index (χ3n) is 3.59. The van der Waals surface area contributed by atoms with E-state index < -0.39 is 0 Å². The van der Waals surface area contributed by atoms with Crippen molar-refractivity contribution < 1.29 is 0 Å². The average Bonchev–Trinajstić information content (AvgIpc) is 2.95. The SMILES string of the molecule is c1cn(-c2ccc(CN3CCCCC3)cc2)cn1. The van der Waals surface area contributed by atoms with Gasteiger partial charge in [-0.25, -0.2) is 4.98 Å². The van der Waals surface area contributed by atoms with Crippen LogP contribution >= 0.6 is 0 Å². The molecule has 0 aliphatic carbocycles. The summed E-state index contributed by atoms with van der Waals surface area (Å²) in [5.74, 6) is 0. The van der Waals surface area contributed by atoms with Gasteiger partial charge in [-0.15, -0.1) is 0 Å². The van der Waals surface area contributed by atoms with Crippen molar-refractivity contribution in [3.63, 3.8) is 0 Å². The number of rotatable bonds is 3. The molecule has 0 atom stereocenters. The van der Waals surface area contributed by atoms with E-state index in [4.69, 9.17) is 0 Å². The van der Waals surface area contributed by atoms with Gasteiger partial charge in [0.2, 0.25) is 0 Å². The molecule has 1 aromatic carbocycles. The molecule has 3 heteroatoms. The maximum atomic E-state index is 4.07. The molecule has 0 N–H and O–H groups in total. The largest absolute Gasteiger partial charge is 0.306 e. The van der Waals surface area contributed by atoms with Gasteiger partial charge in [-0.1, -0.05) is 18.6 Å². The van der Waals surface area contributed by atoms with Gasteiger partial charge < -0.3 is 4.57 Å². The lowest BCUT2D eigenvalue weighted by Gasteiger charge is -2.26. The number of imidazole rings is 1. The molecule has 1 fully saturated rings. The first-order valence-electron chi connectivity index (χ1n) is 6.71. The monoisotopic (exact) mass is 241 g/mol. The highest BCUT2D eigenvalue weighted by atomic mass is 15.1. The Morgan fingerprint density at radius 2 is 1.78 bits per heavy atom. The van der Waals surface area contributed by atoms with Crippen LogP contribution in [0.5, 0.6) is 0 Å². The second kappa shape index (κ2) is 5.36. The number of piperidine rings is 1. The van der Waals surface area contributed by atoms with Crippen molar-refractivity contribution in [1.29, 1.82) is 0 Å². The smallest absolute Gasteiger partial charge is 0.0991 e. The Morgan fingerprint density at radius 3 is 2.44 bits per heavy atom. The topological polar surface area (TPSA) is 21.1 Å². The number of benzene rings is 1. The normalized spacial score (nSPS) is 16.9. The molecule has 2 heterocycles. The predicted molar refractivity (Wildman–Crippen MR) is 72.7 cm³/mol. The Kier molecular flexibility index (Phi) is 3.42. The summed E-state index contributed by atoms with van der Waals surface area (Å²) in [5.41, 5.74) is 2.58. The van der Waals surface area contributed by atoms with E-state index in [0.29, 0.717) is 0 Å². The minimum atomic E-state index is 1.09. The van der Waals surface area contributed by atoms with Crippen molar-refractivity contribution in [3.05, 3.63) is 48.5 Å². The van der Waals surface area contributed by atoms with Gasteiger partial charge >= 0.3 is 0 Å². The third-order valence-corrected chi connectivity index (χ3v) is 3.59. The quantitative estimate of drug-likeness (QED) is 0.824. The van der Waals surface area contributed by atoms with E-state index in [1.165, 1.54) is 43.6 Å². The van der Waals surface area contributed by atoms with E-state index in [-0.39, 0.29) is 0 Å². The zero-order valence-electron chi connectivity index (χ0n) is 10.6. The molecule has 1 saturated heterocycles. The lowest BCUT2D eigenvalue weighted by Crippen LogP contribution is -2.29. The van der Waals surface area contributed by atoms with Crippen molar-refractivity contribution in [2.24, 2.45) is 0 Å². The number of aromatic nitrogens is 2. The van der Waals surface area contributed by atoms with Gasteiger partial charge in [-0.3, -0.25) is 4.90 Å². The summed E-state index contributed by atoms with van der Waals surface area (Å²) in [7, 11) is 0. The summed E-state index contributed by atoms with van der Waals surface area (Å²) in [4.78, 5) is 6.62. The van der Waals surface area contributed by atoms with E-state index >= 15 is 0 Å². The molecule has 0 radical (unpaired) electrons. The van der Waals surface area contributed by atoms with Crippen LogP contribution in [-0.4, -0.2) is 27.5 Å². The molecule has 0 unspecified atom stereocenters. The standard InChI is InChI=1S/C15H19N3/c1-2-9-17(10-3-1)12-14-4-6-15(7-5-14)18-11-8-16-13-18/h4-8,11,13H,1-3,9-10,12H2. The Bertz CT molecular complexity index is 467. The first kappa shape index (κ1) is 11.5. The molecular formula is C15H19N3. The fourth-order valence-electron chi connectivity index (χ4n) is 2.56. The van der Waals surface area contributed by atoms with Gasteiger partial charge in [0.1, 0.15) is 0 Å². The summed E-state index contributed by atoms with van der Waals surface area (Å²) in [6.07, 6.45) is 9.72. The van der Waals surface area contributed by atoms with E-state index in [9.17, 15) is 0 Å². The Labute approximate surface area is 108 Å². The molecule has 1 aliphatic rings. The van der Waals surface area contributed by atoms with Crippen LogP contribution in [0, 0.1) is 0 Å². The number of nitrogens with zero attached hydrogens (tertiary/aromatic N) is 3. The molecule has 0 bridgehead atoms. The fourth-order valence-corrected chi connectivity index (χ4v) is 2.56. The molecular weight excluding hydrogens is 222 g/mol. The van der Waals surface area contributed by atoms with E-state index in [0.717, 1.165) is 6.54 Å². The zero-order valence-corrected chi connectivity index (χ0v) is 10.6. The van der Waals surface area contributed by atoms with Gasteiger partial charge in [-0.05, 0) is 43.6 Å². The predicted octanol–water partition coefficient (Wildman–Crippen LogP) is 2.86. The second-order valence-corrected chi connectivity index (χ2v) is 4.97. The average molecular weight is 241 g/mol. The Balaban J connectivity index is 1.67. The van der Waals surface area contributed by atoms with Crippen LogP contribution in [0.4, 0.5) is 0 Å². The van der Waals surface area contributed by atoms with Crippen LogP contribution < -0.4 is 0 Å². The lowest BCUT2D eigenvalue weighted by molar-refractivity contribution is 0.221. The van der Waals surface area contributed by atoms with Crippen LogP contribution in [0.1, 0.15) is 24.8 Å². The van der Waals surface area contributed by atoms with Crippen molar-refractivity contribution >= 4 is 0 Å². The van der Waals surface area contributed by atoms with Crippen LogP contribution in [0.2, 0.25) is 0 Å². The highest BCUT2D eigenvalue weighted by Gasteiger charge is 2.10. The van der Waals surface area contributed by atoms with E-state index in [1.807, 2.05) is 23.3 Å². The number of likely N-dealkylation sites (tertiary alicyclic amines) is 1. The first-order valence-corrected chi connectivity index (χ1v) is 6.71.